The van der Waals surface area contributed by atoms with Gasteiger partial charge >= 0.3 is 87.6 Å². The number of aromatic nitrogens is 2. The molecule has 0 unspecified atom stereocenters. The third kappa shape index (κ3) is 2.67. The zero-order valence-electron chi connectivity index (χ0n) is 8.87. The summed E-state index contributed by atoms with van der Waals surface area (Å²) in [6.07, 6.45) is 3.19. The van der Waals surface area contributed by atoms with Crippen LogP contribution >= 0.6 is 0 Å². The van der Waals surface area contributed by atoms with Gasteiger partial charge in [-0.15, -0.1) is 0 Å². The summed E-state index contributed by atoms with van der Waals surface area (Å²) < 4.78 is 5.57. The fourth-order valence-corrected chi connectivity index (χ4v) is 3.55. The molecule has 4 nitrogen and oxygen atoms in total. The van der Waals surface area contributed by atoms with Gasteiger partial charge in [0.15, 0.2) is 0 Å². The van der Waals surface area contributed by atoms with Gasteiger partial charge in [-0.25, -0.2) is 0 Å². The number of carbonyl (C=O) groups excluding carboxylic acids is 1. The van der Waals surface area contributed by atoms with Crippen molar-refractivity contribution >= 4 is 28.1 Å². The van der Waals surface area contributed by atoms with Crippen molar-refractivity contribution in [3.63, 3.8) is 0 Å². The van der Waals surface area contributed by atoms with Gasteiger partial charge in [0, 0.05) is 0 Å². The molecule has 1 aromatic heterocycles. The van der Waals surface area contributed by atoms with Gasteiger partial charge in [-0.1, -0.05) is 0 Å². The van der Waals surface area contributed by atoms with Gasteiger partial charge in [0.2, 0.25) is 0 Å². The molecule has 0 atom stereocenters. The molecule has 1 rings (SSSR count). The minimum atomic E-state index is -2.22. The molecule has 0 aliphatic heterocycles. The molecule has 1 heterocycles. The van der Waals surface area contributed by atoms with E-state index in [0.717, 1.165) is 3.71 Å². The Morgan fingerprint density at radius 1 is 1.36 bits per heavy atom. The average molecular weight is 301 g/mol. The summed E-state index contributed by atoms with van der Waals surface area (Å²) in [6.45, 7) is 0. The van der Waals surface area contributed by atoms with Crippen LogP contribution in [0, 0.1) is 0 Å². The van der Waals surface area contributed by atoms with E-state index in [9.17, 15) is 4.79 Å². The van der Waals surface area contributed by atoms with Crippen LogP contribution in [-0.4, -0.2) is 41.4 Å². The molecular formula is C9H14N2O2Sn. The summed E-state index contributed by atoms with van der Waals surface area (Å²) in [5.41, 5.74) is 0.302. The van der Waals surface area contributed by atoms with E-state index in [-0.39, 0.29) is 0 Å². The van der Waals surface area contributed by atoms with E-state index in [1.165, 1.54) is 13.3 Å². The summed E-state index contributed by atoms with van der Waals surface area (Å²) in [4.78, 5) is 26.1. The second-order valence-corrected chi connectivity index (χ2v) is 18.3. The van der Waals surface area contributed by atoms with E-state index in [1.54, 1.807) is 6.20 Å². The predicted octanol–water partition coefficient (Wildman–Crippen LogP) is 0.808. The molecule has 0 spiro atoms. The summed E-state index contributed by atoms with van der Waals surface area (Å²) in [5, 5.41) is 0. The quantitative estimate of drug-likeness (QED) is 0.599. The number of rotatable bonds is 2. The Bertz CT molecular complexity index is 347. The van der Waals surface area contributed by atoms with Crippen LogP contribution in [0.3, 0.4) is 0 Å². The van der Waals surface area contributed by atoms with Gasteiger partial charge in [-0.3, -0.25) is 0 Å². The fraction of sp³-hybridized carbons (Fsp3) is 0.444. The molecule has 0 aliphatic rings. The Morgan fingerprint density at radius 3 is 2.50 bits per heavy atom. The van der Waals surface area contributed by atoms with Gasteiger partial charge < -0.3 is 0 Å². The molecule has 0 radical (unpaired) electrons. The van der Waals surface area contributed by atoms with E-state index >= 15 is 0 Å². The molecule has 0 fully saturated rings. The number of nitrogens with zero attached hydrogens (tertiary/aromatic N) is 2. The predicted molar refractivity (Wildman–Crippen MR) is 56.4 cm³/mol. The summed E-state index contributed by atoms with van der Waals surface area (Å²) in [5.74, 6) is -0.421. The molecule has 5 heteroatoms. The third-order valence-electron chi connectivity index (χ3n) is 1.80. The molecule has 0 aliphatic carbocycles. The van der Waals surface area contributed by atoms with E-state index in [1.807, 2.05) is 0 Å². The van der Waals surface area contributed by atoms with Crippen LogP contribution in [-0.2, 0) is 4.74 Å². The molecule has 0 bridgehead atoms. The Morgan fingerprint density at radius 2 is 2.00 bits per heavy atom. The second kappa shape index (κ2) is 4.25. The first kappa shape index (κ1) is 11.4. The van der Waals surface area contributed by atoms with Crippen molar-refractivity contribution in [1.82, 2.24) is 9.97 Å². The summed E-state index contributed by atoms with van der Waals surface area (Å²) in [6, 6.07) is 0. The SMILES string of the molecule is COC(=O)c1cnc[c]([Sn]([CH3])([CH3])[CH3])n1. The van der Waals surface area contributed by atoms with Crippen LogP contribution in [0.25, 0.3) is 0 Å². The van der Waals surface area contributed by atoms with Crippen molar-refractivity contribution in [3.05, 3.63) is 18.1 Å². The maximum absolute atomic E-state index is 11.2. The van der Waals surface area contributed by atoms with Crippen molar-refractivity contribution in [1.29, 1.82) is 0 Å². The van der Waals surface area contributed by atoms with E-state index in [0.29, 0.717) is 5.69 Å². The Hall–Kier alpha value is -0.651. The zero-order chi connectivity index (χ0) is 10.8. The Balaban J connectivity index is 3.08. The van der Waals surface area contributed by atoms with Crippen molar-refractivity contribution in [2.75, 3.05) is 7.11 Å². The fourth-order valence-electron chi connectivity index (χ4n) is 0.930. The third-order valence-corrected chi connectivity index (χ3v) is 6.87. The normalized spacial score (nSPS) is 11.1. The van der Waals surface area contributed by atoms with Crippen molar-refractivity contribution in [2.24, 2.45) is 0 Å². The average Bonchev–Trinajstić information content (AvgIpc) is 2.15. The van der Waals surface area contributed by atoms with Crippen LogP contribution in [0.2, 0.25) is 14.8 Å². The van der Waals surface area contributed by atoms with Gasteiger partial charge in [0.05, 0.1) is 0 Å². The first-order chi connectivity index (χ1) is 6.45. The number of esters is 1. The minimum absolute atomic E-state index is 0.302. The van der Waals surface area contributed by atoms with Crippen LogP contribution in [0.15, 0.2) is 12.4 Å². The first-order valence-electron chi connectivity index (χ1n) is 4.36. The standard InChI is InChI=1S/C6H5N2O2.3CH3.Sn/c1-10-6(9)5-4-7-2-3-8-5;;;;/h2,4H,1H3;3*1H3;. The maximum atomic E-state index is 11.2. The van der Waals surface area contributed by atoms with Crippen LogP contribution in [0.1, 0.15) is 10.5 Å². The number of methoxy groups -OCH3 is 1. The molecule has 14 heavy (non-hydrogen) atoms. The molecule has 0 amide bonds. The van der Waals surface area contributed by atoms with Gasteiger partial charge in [0.1, 0.15) is 0 Å². The van der Waals surface area contributed by atoms with Crippen molar-refractivity contribution in [3.8, 4) is 0 Å². The molecule has 76 valence electrons. The number of ether oxygens (including phenoxy) is 1. The zero-order valence-corrected chi connectivity index (χ0v) is 11.7. The Kier molecular flexibility index (Phi) is 3.47. The number of carbonyl (C=O) groups is 1. The molecule has 0 aromatic carbocycles. The number of hydrogen-bond acceptors (Lipinski definition) is 4. The molecule has 1 aromatic rings. The van der Waals surface area contributed by atoms with Gasteiger partial charge in [-0.05, 0) is 0 Å². The second-order valence-electron chi connectivity index (χ2n) is 4.03. The van der Waals surface area contributed by atoms with Crippen molar-refractivity contribution < 1.29 is 9.53 Å². The van der Waals surface area contributed by atoms with Gasteiger partial charge in [0.25, 0.3) is 0 Å². The van der Waals surface area contributed by atoms with Crippen LogP contribution in [0.5, 0.6) is 0 Å². The summed E-state index contributed by atoms with van der Waals surface area (Å²) in [7, 11) is 1.34. The van der Waals surface area contributed by atoms with E-state index in [2.05, 4.69) is 29.5 Å². The van der Waals surface area contributed by atoms with E-state index < -0.39 is 24.3 Å². The van der Waals surface area contributed by atoms with E-state index in [4.69, 9.17) is 0 Å². The molecule has 0 saturated carbocycles. The number of hydrogen-bond donors (Lipinski definition) is 0. The van der Waals surface area contributed by atoms with Crippen LogP contribution in [0.4, 0.5) is 0 Å². The summed E-state index contributed by atoms with van der Waals surface area (Å²) >= 11 is -2.22. The first-order valence-corrected chi connectivity index (χ1v) is 14.3. The topological polar surface area (TPSA) is 52.1 Å². The Labute approximate surface area is 87.6 Å². The van der Waals surface area contributed by atoms with Crippen LogP contribution < -0.4 is 3.71 Å². The van der Waals surface area contributed by atoms with Gasteiger partial charge in [-0.2, -0.15) is 0 Å². The molecule has 0 saturated heterocycles. The monoisotopic (exact) mass is 302 g/mol. The van der Waals surface area contributed by atoms with Crippen molar-refractivity contribution in [2.45, 2.75) is 14.8 Å². The molecule has 0 N–H and O–H groups in total. The molecular weight excluding hydrogens is 287 g/mol.